The van der Waals surface area contributed by atoms with Gasteiger partial charge < -0.3 is 15.7 Å². The van der Waals surface area contributed by atoms with E-state index in [2.05, 4.69) is 26.6 Å². The number of aliphatic carboxylic acids is 1. The number of hydrogen-bond donors (Lipinski definition) is 3. The zero-order valence-corrected chi connectivity index (χ0v) is 13.2. The number of anilines is 1. The Morgan fingerprint density at radius 1 is 1.40 bits per heavy atom. The monoisotopic (exact) mass is 342 g/mol. The number of carbonyl (C=O) groups excluding carboxylic acids is 1. The lowest BCUT2D eigenvalue weighted by molar-refractivity contribution is -0.137. The minimum Gasteiger partial charge on any atom is -0.481 e. The molecule has 5 nitrogen and oxygen atoms in total. The summed E-state index contributed by atoms with van der Waals surface area (Å²) < 4.78 is 0.908. The quantitative estimate of drug-likeness (QED) is 0.739. The van der Waals surface area contributed by atoms with Gasteiger partial charge in [-0.1, -0.05) is 35.3 Å². The summed E-state index contributed by atoms with van der Waals surface area (Å²) in [6.45, 7) is 3.84. The smallest absolute Gasteiger partial charge is 0.319 e. The van der Waals surface area contributed by atoms with Crippen molar-refractivity contribution in [1.82, 2.24) is 5.32 Å². The number of benzene rings is 1. The normalized spacial score (nSPS) is 11.8. The van der Waals surface area contributed by atoms with Gasteiger partial charge >= 0.3 is 12.0 Å². The van der Waals surface area contributed by atoms with Gasteiger partial charge in [0.25, 0.3) is 0 Å². The molecule has 0 aliphatic heterocycles. The van der Waals surface area contributed by atoms with Crippen molar-refractivity contribution in [3.05, 3.63) is 28.2 Å². The Labute approximate surface area is 126 Å². The topological polar surface area (TPSA) is 78.4 Å². The zero-order chi connectivity index (χ0) is 15.1. The van der Waals surface area contributed by atoms with Crippen LogP contribution in [0, 0.1) is 6.92 Å². The molecule has 0 saturated carbocycles. The first-order chi connectivity index (χ1) is 9.43. The molecular weight excluding hydrogens is 324 g/mol. The molecule has 1 aromatic carbocycles. The van der Waals surface area contributed by atoms with E-state index in [0.717, 1.165) is 16.5 Å². The zero-order valence-electron chi connectivity index (χ0n) is 11.6. The van der Waals surface area contributed by atoms with Crippen LogP contribution in [0.4, 0.5) is 10.5 Å². The third-order valence-corrected chi connectivity index (χ3v) is 3.77. The number of carbonyl (C=O) groups is 2. The highest BCUT2D eigenvalue weighted by molar-refractivity contribution is 9.10. The standard InChI is InChI=1S/C14H19BrN2O3/c1-3-5-10(8-13(18)19)16-14(20)17-12-7-4-6-11(15)9(12)2/h4,6-7,10H,3,5,8H2,1-2H3,(H,18,19)(H2,16,17,20). The Hall–Kier alpha value is -1.56. The average molecular weight is 343 g/mol. The number of carboxylic acid groups (broad SMARTS) is 1. The summed E-state index contributed by atoms with van der Waals surface area (Å²) in [4.78, 5) is 22.7. The Morgan fingerprint density at radius 2 is 2.10 bits per heavy atom. The van der Waals surface area contributed by atoms with E-state index in [1.807, 2.05) is 26.0 Å². The molecule has 0 bridgehead atoms. The van der Waals surface area contributed by atoms with Crippen molar-refractivity contribution in [1.29, 1.82) is 0 Å². The van der Waals surface area contributed by atoms with Crippen LogP contribution in [0.15, 0.2) is 22.7 Å². The van der Waals surface area contributed by atoms with E-state index in [-0.39, 0.29) is 18.5 Å². The predicted molar refractivity (Wildman–Crippen MR) is 82.0 cm³/mol. The van der Waals surface area contributed by atoms with Gasteiger partial charge in [-0.2, -0.15) is 0 Å². The van der Waals surface area contributed by atoms with E-state index in [1.165, 1.54) is 0 Å². The Bertz CT molecular complexity index is 491. The summed E-state index contributed by atoms with van der Waals surface area (Å²) in [6, 6.07) is 4.78. The molecule has 0 saturated heterocycles. The minimum absolute atomic E-state index is 0.0707. The predicted octanol–water partition coefficient (Wildman–Crippen LogP) is 3.52. The highest BCUT2D eigenvalue weighted by atomic mass is 79.9. The van der Waals surface area contributed by atoms with E-state index in [0.29, 0.717) is 12.1 Å². The average Bonchev–Trinajstić information content (AvgIpc) is 2.34. The lowest BCUT2D eigenvalue weighted by atomic mass is 10.1. The molecular formula is C14H19BrN2O3. The van der Waals surface area contributed by atoms with Crippen LogP contribution in [-0.4, -0.2) is 23.1 Å². The van der Waals surface area contributed by atoms with Crippen LogP contribution in [0.5, 0.6) is 0 Å². The molecule has 6 heteroatoms. The van der Waals surface area contributed by atoms with Crippen molar-refractivity contribution < 1.29 is 14.7 Å². The number of halogens is 1. The van der Waals surface area contributed by atoms with Gasteiger partial charge in [0.1, 0.15) is 0 Å². The Kier molecular flexibility index (Phi) is 6.51. The van der Waals surface area contributed by atoms with Gasteiger partial charge in [0.2, 0.25) is 0 Å². The fourth-order valence-electron chi connectivity index (χ4n) is 1.87. The van der Waals surface area contributed by atoms with Gasteiger partial charge in [0, 0.05) is 16.2 Å². The van der Waals surface area contributed by atoms with Crippen molar-refractivity contribution in [2.45, 2.75) is 39.2 Å². The molecule has 0 fully saturated rings. The molecule has 0 heterocycles. The molecule has 0 spiro atoms. The van der Waals surface area contributed by atoms with Crippen LogP contribution in [0.3, 0.4) is 0 Å². The lowest BCUT2D eigenvalue weighted by Gasteiger charge is -2.17. The maximum Gasteiger partial charge on any atom is 0.319 e. The molecule has 1 atom stereocenters. The van der Waals surface area contributed by atoms with E-state index in [4.69, 9.17) is 5.11 Å². The molecule has 0 aliphatic carbocycles. The van der Waals surface area contributed by atoms with Crippen molar-refractivity contribution >= 4 is 33.6 Å². The van der Waals surface area contributed by atoms with E-state index < -0.39 is 5.97 Å². The number of carboxylic acids is 1. The summed E-state index contributed by atoms with van der Waals surface area (Å²) in [6.07, 6.45) is 1.38. The molecule has 1 rings (SSSR count). The van der Waals surface area contributed by atoms with E-state index >= 15 is 0 Å². The Balaban J connectivity index is 2.65. The summed E-state index contributed by atoms with van der Waals surface area (Å²) in [5.41, 5.74) is 1.62. The van der Waals surface area contributed by atoms with Crippen molar-refractivity contribution in [3.8, 4) is 0 Å². The van der Waals surface area contributed by atoms with Crippen LogP contribution in [0.2, 0.25) is 0 Å². The maximum absolute atomic E-state index is 11.9. The van der Waals surface area contributed by atoms with Gasteiger partial charge in [-0.05, 0) is 31.0 Å². The molecule has 0 radical (unpaired) electrons. The number of rotatable bonds is 6. The van der Waals surface area contributed by atoms with Gasteiger partial charge in [-0.25, -0.2) is 4.79 Å². The first kappa shape index (κ1) is 16.5. The van der Waals surface area contributed by atoms with Gasteiger partial charge in [0.05, 0.1) is 6.42 Å². The highest BCUT2D eigenvalue weighted by Crippen LogP contribution is 2.23. The Morgan fingerprint density at radius 3 is 2.70 bits per heavy atom. The third-order valence-electron chi connectivity index (χ3n) is 2.91. The number of amides is 2. The van der Waals surface area contributed by atoms with Crippen LogP contribution < -0.4 is 10.6 Å². The molecule has 1 aromatic rings. The minimum atomic E-state index is -0.914. The molecule has 110 valence electrons. The molecule has 1 unspecified atom stereocenters. The fourth-order valence-corrected chi connectivity index (χ4v) is 2.24. The van der Waals surface area contributed by atoms with Gasteiger partial charge in [-0.3, -0.25) is 4.79 Å². The molecule has 20 heavy (non-hydrogen) atoms. The number of hydrogen-bond acceptors (Lipinski definition) is 2. The summed E-state index contributed by atoms with van der Waals surface area (Å²) >= 11 is 3.40. The third kappa shape index (κ3) is 5.21. The summed E-state index contributed by atoms with van der Waals surface area (Å²) in [5.74, 6) is -0.914. The largest absolute Gasteiger partial charge is 0.481 e. The first-order valence-electron chi connectivity index (χ1n) is 6.48. The van der Waals surface area contributed by atoms with Crippen LogP contribution in [0.25, 0.3) is 0 Å². The SMILES string of the molecule is CCCC(CC(=O)O)NC(=O)Nc1cccc(Br)c1C. The number of nitrogens with one attached hydrogen (secondary N) is 2. The van der Waals surface area contributed by atoms with Crippen molar-refractivity contribution in [3.63, 3.8) is 0 Å². The molecule has 2 amide bonds. The second-order valence-electron chi connectivity index (χ2n) is 4.59. The van der Waals surface area contributed by atoms with Crippen molar-refractivity contribution in [2.75, 3.05) is 5.32 Å². The first-order valence-corrected chi connectivity index (χ1v) is 7.27. The highest BCUT2D eigenvalue weighted by Gasteiger charge is 2.15. The van der Waals surface area contributed by atoms with Crippen LogP contribution >= 0.6 is 15.9 Å². The van der Waals surface area contributed by atoms with Crippen molar-refractivity contribution in [2.24, 2.45) is 0 Å². The van der Waals surface area contributed by atoms with Gasteiger partial charge in [0.15, 0.2) is 0 Å². The molecule has 0 aromatic heterocycles. The van der Waals surface area contributed by atoms with Crippen LogP contribution in [0.1, 0.15) is 31.7 Å². The molecule has 3 N–H and O–H groups in total. The number of urea groups is 1. The second-order valence-corrected chi connectivity index (χ2v) is 5.45. The van der Waals surface area contributed by atoms with E-state index in [1.54, 1.807) is 6.07 Å². The summed E-state index contributed by atoms with van der Waals surface area (Å²) in [7, 11) is 0. The van der Waals surface area contributed by atoms with Crippen LogP contribution in [-0.2, 0) is 4.79 Å². The van der Waals surface area contributed by atoms with Gasteiger partial charge in [-0.15, -0.1) is 0 Å². The van der Waals surface area contributed by atoms with E-state index in [9.17, 15) is 9.59 Å². The maximum atomic E-state index is 11.9. The fraction of sp³-hybridized carbons (Fsp3) is 0.429. The second kappa shape index (κ2) is 7.89. The lowest BCUT2D eigenvalue weighted by Crippen LogP contribution is -2.39. The summed E-state index contributed by atoms with van der Waals surface area (Å²) in [5, 5.41) is 14.3. The molecule has 0 aliphatic rings.